The molecule has 0 aliphatic heterocycles. The molecule has 0 aliphatic rings. The summed E-state index contributed by atoms with van der Waals surface area (Å²) in [5, 5.41) is 20.2. The summed E-state index contributed by atoms with van der Waals surface area (Å²) >= 11 is 0. The lowest BCUT2D eigenvalue weighted by molar-refractivity contribution is -0.385. The Bertz CT molecular complexity index is 417. The summed E-state index contributed by atoms with van der Waals surface area (Å²) in [5.74, 6) is 0. The highest BCUT2D eigenvalue weighted by molar-refractivity contribution is 5.71. The van der Waals surface area contributed by atoms with Crippen molar-refractivity contribution in [3.05, 3.63) is 40.5 Å². The van der Waals surface area contributed by atoms with E-state index in [2.05, 4.69) is 6.58 Å². The quantitative estimate of drug-likeness (QED) is 0.297. The first kappa shape index (κ1) is 11.0. The molecule has 1 rings (SSSR count). The van der Waals surface area contributed by atoms with Crippen LogP contribution in [-0.2, 0) is 0 Å². The predicted octanol–water partition coefficient (Wildman–Crippen LogP) is 0.979. The van der Waals surface area contributed by atoms with Gasteiger partial charge in [-0.25, -0.2) is 0 Å². The van der Waals surface area contributed by atoms with Crippen LogP contribution in [0.1, 0.15) is 11.7 Å². The van der Waals surface area contributed by atoms with Gasteiger partial charge in [-0.2, -0.15) is 0 Å². The highest BCUT2D eigenvalue weighted by Gasteiger charge is 2.24. The average Bonchev–Trinajstić information content (AvgIpc) is 2.19. The molecule has 15 heavy (non-hydrogen) atoms. The fourth-order valence-corrected chi connectivity index (χ4v) is 1.27. The fraction of sp³-hybridized carbons (Fsp3) is 0.111. The van der Waals surface area contributed by atoms with Gasteiger partial charge in [0.25, 0.3) is 5.69 Å². The predicted molar refractivity (Wildman–Crippen MR) is 57.1 cm³/mol. The maximum atomic E-state index is 10.7. The van der Waals surface area contributed by atoms with Crippen LogP contribution in [0.4, 0.5) is 17.1 Å². The van der Waals surface area contributed by atoms with Gasteiger partial charge in [-0.05, 0) is 12.1 Å². The number of benzene rings is 1. The number of rotatable bonds is 3. The molecule has 0 heterocycles. The van der Waals surface area contributed by atoms with E-state index in [9.17, 15) is 15.2 Å². The van der Waals surface area contributed by atoms with Crippen LogP contribution in [0.5, 0.6) is 0 Å². The van der Waals surface area contributed by atoms with E-state index in [4.69, 9.17) is 11.5 Å². The molecule has 0 fully saturated rings. The molecule has 0 saturated heterocycles. The number of nitrogens with two attached hydrogens (primary N) is 2. The molecule has 0 radical (unpaired) electrons. The standard InChI is InChI=1S/C9H11N3O3/c1-2-7(13)8-5(10)3-4-6(11)9(8)12(14)15/h2-4,7,13H,1,10-11H2. The summed E-state index contributed by atoms with van der Waals surface area (Å²) in [6.45, 7) is 3.34. The van der Waals surface area contributed by atoms with Gasteiger partial charge in [-0.15, -0.1) is 6.58 Å². The SMILES string of the molecule is C=CC(O)c1c(N)ccc(N)c1[N+](=O)[O-]. The molecule has 1 unspecified atom stereocenters. The summed E-state index contributed by atoms with van der Waals surface area (Å²) in [4.78, 5) is 10.1. The molecule has 1 atom stereocenters. The molecule has 1 aromatic rings. The normalized spacial score (nSPS) is 12.1. The third-order valence-corrected chi connectivity index (χ3v) is 1.98. The first-order valence-corrected chi connectivity index (χ1v) is 4.12. The van der Waals surface area contributed by atoms with Gasteiger partial charge in [0, 0.05) is 5.69 Å². The number of hydrogen-bond donors (Lipinski definition) is 3. The van der Waals surface area contributed by atoms with Gasteiger partial charge < -0.3 is 16.6 Å². The van der Waals surface area contributed by atoms with E-state index in [1.165, 1.54) is 12.1 Å². The lowest BCUT2D eigenvalue weighted by Gasteiger charge is -2.11. The molecule has 0 aliphatic carbocycles. The number of nitro groups is 1. The second kappa shape index (κ2) is 3.97. The number of nitro benzene ring substituents is 1. The Kier molecular flexibility index (Phi) is 2.91. The van der Waals surface area contributed by atoms with Gasteiger partial charge in [0.05, 0.1) is 10.5 Å². The van der Waals surface area contributed by atoms with Crippen LogP contribution in [0.25, 0.3) is 0 Å². The molecule has 6 nitrogen and oxygen atoms in total. The number of nitrogens with zero attached hydrogens (tertiary/aromatic N) is 1. The zero-order valence-corrected chi connectivity index (χ0v) is 7.88. The van der Waals surface area contributed by atoms with Crippen molar-refractivity contribution < 1.29 is 10.0 Å². The Balaban J connectivity index is 3.51. The summed E-state index contributed by atoms with van der Waals surface area (Å²) in [6, 6.07) is 2.73. The van der Waals surface area contributed by atoms with Crippen molar-refractivity contribution in [3.63, 3.8) is 0 Å². The van der Waals surface area contributed by atoms with Crippen LogP contribution >= 0.6 is 0 Å². The van der Waals surface area contributed by atoms with E-state index in [1.807, 2.05) is 0 Å². The van der Waals surface area contributed by atoms with E-state index in [-0.39, 0.29) is 22.6 Å². The van der Waals surface area contributed by atoms with Gasteiger partial charge in [0.2, 0.25) is 0 Å². The van der Waals surface area contributed by atoms with Crippen LogP contribution in [0.3, 0.4) is 0 Å². The minimum absolute atomic E-state index is 0.0185. The average molecular weight is 209 g/mol. The number of nitrogen functional groups attached to an aromatic ring is 2. The number of hydrogen-bond acceptors (Lipinski definition) is 5. The van der Waals surface area contributed by atoms with Crippen molar-refractivity contribution >= 4 is 17.1 Å². The molecule has 0 saturated carbocycles. The fourth-order valence-electron chi connectivity index (χ4n) is 1.27. The first-order chi connectivity index (χ1) is 6.99. The largest absolute Gasteiger partial charge is 0.398 e. The second-order valence-electron chi connectivity index (χ2n) is 2.94. The van der Waals surface area contributed by atoms with E-state index in [1.54, 1.807) is 0 Å². The lowest BCUT2D eigenvalue weighted by Crippen LogP contribution is -2.07. The van der Waals surface area contributed by atoms with Crippen molar-refractivity contribution in [3.8, 4) is 0 Å². The minimum atomic E-state index is -1.20. The second-order valence-corrected chi connectivity index (χ2v) is 2.94. The van der Waals surface area contributed by atoms with Crippen LogP contribution in [0.2, 0.25) is 0 Å². The topological polar surface area (TPSA) is 115 Å². The third-order valence-electron chi connectivity index (χ3n) is 1.98. The smallest absolute Gasteiger partial charge is 0.300 e. The van der Waals surface area contributed by atoms with Crippen molar-refractivity contribution in [1.29, 1.82) is 0 Å². The van der Waals surface area contributed by atoms with Crippen LogP contribution in [0.15, 0.2) is 24.8 Å². The Labute approximate surface area is 86.0 Å². The van der Waals surface area contributed by atoms with Gasteiger partial charge in [0.15, 0.2) is 0 Å². The number of aliphatic hydroxyl groups excluding tert-OH is 1. The van der Waals surface area contributed by atoms with Crippen molar-refractivity contribution in [2.75, 3.05) is 11.5 Å². The Hall–Kier alpha value is -2.08. The number of aliphatic hydroxyl groups is 1. The summed E-state index contributed by atoms with van der Waals surface area (Å²) in [6.07, 6.45) is -0.0492. The van der Waals surface area contributed by atoms with Crippen molar-refractivity contribution in [2.45, 2.75) is 6.10 Å². The molecule has 6 heteroatoms. The van der Waals surface area contributed by atoms with Crippen LogP contribution in [0, 0.1) is 10.1 Å². The minimum Gasteiger partial charge on any atom is -0.398 e. The molecular formula is C9H11N3O3. The molecule has 80 valence electrons. The zero-order chi connectivity index (χ0) is 11.6. The van der Waals surface area contributed by atoms with E-state index >= 15 is 0 Å². The van der Waals surface area contributed by atoms with Crippen LogP contribution in [-0.4, -0.2) is 10.0 Å². The summed E-state index contributed by atoms with van der Waals surface area (Å²) in [5.41, 5.74) is 10.7. The van der Waals surface area contributed by atoms with Gasteiger partial charge in [-0.3, -0.25) is 10.1 Å². The zero-order valence-electron chi connectivity index (χ0n) is 7.88. The van der Waals surface area contributed by atoms with Gasteiger partial charge in [-0.1, -0.05) is 6.08 Å². The first-order valence-electron chi connectivity index (χ1n) is 4.12. The molecule has 5 N–H and O–H groups in total. The maximum Gasteiger partial charge on any atom is 0.300 e. The molecule has 0 aromatic heterocycles. The van der Waals surface area contributed by atoms with E-state index in [0.717, 1.165) is 6.08 Å². The Morgan fingerprint density at radius 2 is 2.00 bits per heavy atom. The summed E-state index contributed by atoms with van der Waals surface area (Å²) < 4.78 is 0. The molecule has 0 amide bonds. The molecule has 1 aromatic carbocycles. The maximum absolute atomic E-state index is 10.7. The highest BCUT2D eigenvalue weighted by atomic mass is 16.6. The third kappa shape index (κ3) is 1.89. The molecule has 0 bridgehead atoms. The van der Waals surface area contributed by atoms with Gasteiger partial charge in [0.1, 0.15) is 11.8 Å². The Morgan fingerprint density at radius 1 is 1.47 bits per heavy atom. The van der Waals surface area contributed by atoms with E-state index < -0.39 is 11.0 Å². The molecular weight excluding hydrogens is 198 g/mol. The van der Waals surface area contributed by atoms with Crippen molar-refractivity contribution in [1.82, 2.24) is 0 Å². The monoisotopic (exact) mass is 209 g/mol. The molecule has 0 spiro atoms. The summed E-state index contributed by atoms with van der Waals surface area (Å²) in [7, 11) is 0. The Morgan fingerprint density at radius 3 is 2.47 bits per heavy atom. The van der Waals surface area contributed by atoms with Crippen LogP contribution < -0.4 is 11.5 Å². The highest BCUT2D eigenvalue weighted by Crippen LogP contribution is 2.35. The lowest BCUT2D eigenvalue weighted by atomic mass is 10.0. The van der Waals surface area contributed by atoms with Gasteiger partial charge >= 0.3 is 0 Å². The van der Waals surface area contributed by atoms with Crippen molar-refractivity contribution in [2.24, 2.45) is 0 Å². The number of anilines is 2. The van der Waals surface area contributed by atoms with E-state index in [0.29, 0.717) is 0 Å².